The number of aromatic nitrogens is 2. The van der Waals surface area contributed by atoms with Crippen LogP contribution >= 0.6 is 0 Å². The minimum absolute atomic E-state index is 0.551. The molecule has 0 aliphatic rings. The Kier molecular flexibility index (Phi) is 2.93. The van der Waals surface area contributed by atoms with Crippen molar-refractivity contribution in [1.82, 2.24) is 9.78 Å². The molecule has 1 atom stereocenters. The zero-order valence-electron chi connectivity index (χ0n) is 8.41. The smallest absolute Gasteiger partial charge is 0.0788 e. The van der Waals surface area contributed by atoms with E-state index < -0.39 is 5.60 Å². The Morgan fingerprint density at radius 2 is 2.38 bits per heavy atom. The molecule has 0 saturated heterocycles. The molecule has 1 aromatic rings. The van der Waals surface area contributed by atoms with Crippen LogP contribution in [0.1, 0.15) is 20.3 Å². The molecule has 0 spiro atoms. The second kappa shape index (κ2) is 3.79. The van der Waals surface area contributed by atoms with Crippen molar-refractivity contribution >= 4 is 5.69 Å². The van der Waals surface area contributed by atoms with Gasteiger partial charge in [0.05, 0.1) is 17.5 Å². The molecule has 2 N–H and O–H groups in total. The first-order valence-electron chi connectivity index (χ1n) is 4.48. The van der Waals surface area contributed by atoms with Crippen molar-refractivity contribution in [3.8, 4) is 0 Å². The van der Waals surface area contributed by atoms with Crippen LogP contribution in [0, 0.1) is 0 Å². The first-order chi connectivity index (χ1) is 6.03. The summed E-state index contributed by atoms with van der Waals surface area (Å²) >= 11 is 0. The maximum Gasteiger partial charge on any atom is 0.0788 e. The zero-order valence-corrected chi connectivity index (χ0v) is 8.41. The quantitative estimate of drug-likeness (QED) is 0.732. The third-order valence-electron chi connectivity index (χ3n) is 2.14. The van der Waals surface area contributed by atoms with E-state index >= 15 is 0 Å². The standard InChI is InChI=1S/C9H17N3O/c1-4-9(2,13)7-10-8-5-11-12(3)6-8/h5-6,10,13H,4,7H2,1-3H3. The fourth-order valence-corrected chi connectivity index (χ4v) is 0.930. The number of rotatable bonds is 4. The number of aryl methyl sites for hydroxylation is 1. The highest BCUT2D eigenvalue weighted by molar-refractivity contribution is 5.38. The van der Waals surface area contributed by atoms with Crippen LogP contribution in [0.2, 0.25) is 0 Å². The summed E-state index contributed by atoms with van der Waals surface area (Å²) < 4.78 is 1.73. The van der Waals surface area contributed by atoms with E-state index in [-0.39, 0.29) is 0 Å². The van der Waals surface area contributed by atoms with Crippen molar-refractivity contribution in [3.63, 3.8) is 0 Å². The first-order valence-corrected chi connectivity index (χ1v) is 4.48. The normalized spacial score (nSPS) is 15.4. The number of hydrogen-bond acceptors (Lipinski definition) is 3. The monoisotopic (exact) mass is 183 g/mol. The van der Waals surface area contributed by atoms with Gasteiger partial charge in [-0.1, -0.05) is 6.92 Å². The molecule has 1 unspecified atom stereocenters. The predicted molar refractivity (Wildman–Crippen MR) is 52.6 cm³/mol. The van der Waals surface area contributed by atoms with Crippen LogP contribution in [0.25, 0.3) is 0 Å². The molecule has 0 aliphatic heterocycles. The summed E-state index contributed by atoms with van der Waals surface area (Å²) in [7, 11) is 1.86. The van der Waals surface area contributed by atoms with Gasteiger partial charge in [-0.25, -0.2) is 0 Å². The second-order valence-corrected chi connectivity index (χ2v) is 3.61. The van der Waals surface area contributed by atoms with Crippen molar-refractivity contribution in [2.45, 2.75) is 25.9 Å². The van der Waals surface area contributed by atoms with Crippen LogP contribution in [-0.4, -0.2) is 27.0 Å². The average Bonchev–Trinajstić information content (AvgIpc) is 2.48. The van der Waals surface area contributed by atoms with Gasteiger partial charge in [0.25, 0.3) is 0 Å². The Labute approximate surface area is 78.6 Å². The number of hydrogen-bond donors (Lipinski definition) is 2. The van der Waals surface area contributed by atoms with Crippen molar-refractivity contribution in [2.75, 3.05) is 11.9 Å². The van der Waals surface area contributed by atoms with Crippen molar-refractivity contribution in [3.05, 3.63) is 12.4 Å². The van der Waals surface area contributed by atoms with Crippen LogP contribution in [0.4, 0.5) is 5.69 Å². The van der Waals surface area contributed by atoms with Gasteiger partial charge >= 0.3 is 0 Å². The van der Waals surface area contributed by atoms with E-state index in [0.717, 1.165) is 12.1 Å². The first kappa shape index (κ1) is 10.1. The molecule has 0 amide bonds. The maximum atomic E-state index is 9.70. The van der Waals surface area contributed by atoms with Crippen molar-refractivity contribution in [1.29, 1.82) is 0 Å². The van der Waals surface area contributed by atoms with Gasteiger partial charge in [0.15, 0.2) is 0 Å². The van der Waals surface area contributed by atoms with Crippen molar-refractivity contribution < 1.29 is 5.11 Å². The molecule has 0 fully saturated rings. The Morgan fingerprint density at radius 1 is 1.69 bits per heavy atom. The summed E-state index contributed by atoms with van der Waals surface area (Å²) in [6.45, 7) is 4.33. The third-order valence-corrected chi connectivity index (χ3v) is 2.14. The lowest BCUT2D eigenvalue weighted by molar-refractivity contribution is 0.0697. The Bertz CT molecular complexity index is 268. The number of nitrogens with zero attached hydrogens (tertiary/aromatic N) is 2. The van der Waals surface area contributed by atoms with Gasteiger partial charge in [-0.2, -0.15) is 5.10 Å². The van der Waals surface area contributed by atoms with Crippen LogP contribution in [0.3, 0.4) is 0 Å². The molecule has 0 radical (unpaired) electrons. The van der Waals surface area contributed by atoms with Gasteiger partial charge in [-0.15, -0.1) is 0 Å². The molecular formula is C9H17N3O. The van der Waals surface area contributed by atoms with E-state index in [1.165, 1.54) is 0 Å². The minimum atomic E-state index is -0.643. The van der Waals surface area contributed by atoms with Gasteiger partial charge in [-0.05, 0) is 13.3 Å². The highest BCUT2D eigenvalue weighted by Gasteiger charge is 2.16. The van der Waals surface area contributed by atoms with Crippen LogP contribution in [-0.2, 0) is 7.05 Å². The fourth-order valence-electron chi connectivity index (χ4n) is 0.930. The molecule has 74 valence electrons. The fraction of sp³-hybridized carbons (Fsp3) is 0.667. The molecule has 0 aliphatic carbocycles. The van der Waals surface area contributed by atoms with Gasteiger partial charge in [-0.3, -0.25) is 4.68 Å². The molecular weight excluding hydrogens is 166 g/mol. The van der Waals surface area contributed by atoms with E-state index in [1.807, 2.05) is 27.1 Å². The summed E-state index contributed by atoms with van der Waals surface area (Å²) in [5.41, 5.74) is 0.298. The SMILES string of the molecule is CCC(C)(O)CNc1cnn(C)c1. The van der Waals surface area contributed by atoms with Gasteiger partial charge in [0, 0.05) is 19.8 Å². The minimum Gasteiger partial charge on any atom is -0.388 e. The number of anilines is 1. The summed E-state index contributed by atoms with van der Waals surface area (Å²) in [5, 5.41) is 16.8. The zero-order chi connectivity index (χ0) is 9.90. The van der Waals surface area contributed by atoms with E-state index in [9.17, 15) is 5.11 Å². The molecule has 0 saturated carbocycles. The van der Waals surface area contributed by atoms with Gasteiger partial charge < -0.3 is 10.4 Å². The van der Waals surface area contributed by atoms with Crippen molar-refractivity contribution in [2.24, 2.45) is 7.05 Å². The number of aliphatic hydroxyl groups is 1. The lowest BCUT2D eigenvalue weighted by Gasteiger charge is -2.21. The molecule has 0 aromatic carbocycles. The molecule has 4 heteroatoms. The Hall–Kier alpha value is -1.03. The van der Waals surface area contributed by atoms with E-state index in [1.54, 1.807) is 10.9 Å². The van der Waals surface area contributed by atoms with Crippen LogP contribution < -0.4 is 5.32 Å². The molecule has 1 aromatic heterocycles. The van der Waals surface area contributed by atoms with Crippen LogP contribution in [0.5, 0.6) is 0 Å². The number of nitrogens with one attached hydrogen (secondary N) is 1. The molecule has 13 heavy (non-hydrogen) atoms. The highest BCUT2D eigenvalue weighted by atomic mass is 16.3. The average molecular weight is 183 g/mol. The summed E-state index contributed by atoms with van der Waals surface area (Å²) in [6, 6.07) is 0. The van der Waals surface area contributed by atoms with Crippen LogP contribution in [0.15, 0.2) is 12.4 Å². The van der Waals surface area contributed by atoms with Gasteiger partial charge in [0.1, 0.15) is 0 Å². The Balaban J connectivity index is 2.43. The summed E-state index contributed by atoms with van der Waals surface area (Å²) in [6.07, 6.45) is 4.36. The highest BCUT2D eigenvalue weighted by Crippen LogP contribution is 2.10. The largest absolute Gasteiger partial charge is 0.388 e. The molecule has 1 rings (SSSR count). The molecule has 4 nitrogen and oxygen atoms in total. The van der Waals surface area contributed by atoms with E-state index in [0.29, 0.717) is 6.54 Å². The Morgan fingerprint density at radius 3 is 2.85 bits per heavy atom. The molecule has 0 bridgehead atoms. The van der Waals surface area contributed by atoms with E-state index in [2.05, 4.69) is 10.4 Å². The van der Waals surface area contributed by atoms with E-state index in [4.69, 9.17) is 0 Å². The van der Waals surface area contributed by atoms with Gasteiger partial charge in [0.2, 0.25) is 0 Å². The maximum absolute atomic E-state index is 9.70. The topological polar surface area (TPSA) is 50.1 Å². The summed E-state index contributed by atoms with van der Waals surface area (Å²) in [4.78, 5) is 0. The predicted octanol–water partition coefficient (Wildman–Crippen LogP) is 0.993. The lowest BCUT2D eigenvalue weighted by atomic mass is 10.0. The summed E-state index contributed by atoms with van der Waals surface area (Å²) in [5.74, 6) is 0. The second-order valence-electron chi connectivity index (χ2n) is 3.61. The lowest BCUT2D eigenvalue weighted by Crippen LogP contribution is -2.32. The third kappa shape index (κ3) is 3.06. The molecule has 1 heterocycles.